The molecule has 0 aliphatic rings. The monoisotopic (exact) mass is 558 g/mol. The van der Waals surface area contributed by atoms with E-state index in [9.17, 15) is 13.2 Å². The van der Waals surface area contributed by atoms with Crippen molar-refractivity contribution >= 4 is 37.5 Å². The lowest BCUT2D eigenvalue weighted by Crippen LogP contribution is -2.30. The summed E-state index contributed by atoms with van der Waals surface area (Å²) in [5.74, 6) is 6.25. The SMILES string of the molecule is COc1ccc(C#CCOc2ccc(S(=O)(=O)N(C)c3c(C)cc(Br)cc3C(=O)NO)cc2)cc1. The summed E-state index contributed by atoms with van der Waals surface area (Å²) >= 11 is 3.28. The van der Waals surface area contributed by atoms with Crippen LogP contribution in [0.1, 0.15) is 21.5 Å². The van der Waals surface area contributed by atoms with Crippen LogP contribution in [0.3, 0.4) is 0 Å². The third-order valence-electron chi connectivity index (χ3n) is 5.04. The number of hydrogen-bond donors (Lipinski definition) is 2. The molecule has 0 saturated carbocycles. The summed E-state index contributed by atoms with van der Waals surface area (Å²) in [7, 11) is -1.07. The topological polar surface area (TPSA) is 105 Å². The van der Waals surface area contributed by atoms with Crippen LogP contribution in [0.5, 0.6) is 11.5 Å². The van der Waals surface area contributed by atoms with Gasteiger partial charge in [-0.2, -0.15) is 0 Å². The van der Waals surface area contributed by atoms with Gasteiger partial charge in [-0.05, 0) is 73.2 Å². The fourth-order valence-corrected chi connectivity index (χ4v) is 5.16. The van der Waals surface area contributed by atoms with E-state index in [1.54, 1.807) is 25.6 Å². The number of aryl methyl sites for hydroxylation is 1. The molecule has 0 heterocycles. The Bertz CT molecular complexity index is 1380. The minimum atomic E-state index is -4.01. The van der Waals surface area contributed by atoms with Gasteiger partial charge in [0.2, 0.25) is 0 Å². The number of ether oxygens (including phenoxy) is 2. The van der Waals surface area contributed by atoms with Gasteiger partial charge in [0.1, 0.15) is 18.1 Å². The van der Waals surface area contributed by atoms with Crippen LogP contribution in [0, 0.1) is 18.8 Å². The molecule has 0 aliphatic carbocycles. The zero-order valence-electron chi connectivity index (χ0n) is 19.2. The van der Waals surface area contributed by atoms with Crippen molar-refractivity contribution in [3.05, 3.63) is 81.8 Å². The molecule has 8 nitrogen and oxygen atoms in total. The minimum absolute atomic E-state index is 0.000776. The van der Waals surface area contributed by atoms with Crippen molar-refractivity contribution in [2.75, 3.05) is 25.1 Å². The Morgan fingerprint density at radius 3 is 2.31 bits per heavy atom. The van der Waals surface area contributed by atoms with Crippen molar-refractivity contribution in [3.8, 4) is 23.3 Å². The molecular formula is C25H23BrN2O6S. The highest BCUT2D eigenvalue weighted by atomic mass is 79.9. The first-order valence-corrected chi connectivity index (χ1v) is 12.5. The van der Waals surface area contributed by atoms with Crippen LogP contribution >= 0.6 is 15.9 Å². The van der Waals surface area contributed by atoms with E-state index in [1.807, 2.05) is 24.3 Å². The molecule has 10 heteroatoms. The number of nitrogens with zero attached hydrogens (tertiary/aromatic N) is 1. The summed E-state index contributed by atoms with van der Waals surface area (Å²) in [5, 5.41) is 9.09. The second-order valence-corrected chi connectivity index (χ2v) is 10.2. The zero-order valence-corrected chi connectivity index (χ0v) is 21.6. The van der Waals surface area contributed by atoms with Gasteiger partial charge in [-0.1, -0.05) is 27.8 Å². The molecule has 0 saturated heterocycles. The van der Waals surface area contributed by atoms with E-state index in [-0.39, 0.29) is 22.8 Å². The maximum Gasteiger partial charge on any atom is 0.276 e. The number of anilines is 1. The Hall–Kier alpha value is -3.52. The van der Waals surface area contributed by atoms with Crippen molar-refractivity contribution in [2.24, 2.45) is 0 Å². The van der Waals surface area contributed by atoms with Crippen molar-refractivity contribution in [1.82, 2.24) is 5.48 Å². The highest BCUT2D eigenvalue weighted by molar-refractivity contribution is 9.10. The van der Waals surface area contributed by atoms with Gasteiger partial charge in [0.15, 0.2) is 0 Å². The highest BCUT2D eigenvalue weighted by Gasteiger charge is 2.27. The van der Waals surface area contributed by atoms with Gasteiger partial charge in [0.05, 0.1) is 23.3 Å². The molecule has 0 unspecified atom stereocenters. The second-order valence-electron chi connectivity index (χ2n) is 7.32. The molecule has 0 atom stereocenters. The maximum absolute atomic E-state index is 13.3. The fraction of sp³-hybridized carbons (Fsp3) is 0.160. The van der Waals surface area contributed by atoms with E-state index in [2.05, 4.69) is 27.8 Å². The highest BCUT2D eigenvalue weighted by Crippen LogP contribution is 2.32. The Labute approximate surface area is 212 Å². The van der Waals surface area contributed by atoms with Gasteiger partial charge in [0.25, 0.3) is 15.9 Å². The fourth-order valence-electron chi connectivity index (χ4n) is 3.30. The molecule has 0 radical (unpaired) electrons. The predicted octanol–water partition coefficient (Wildman–Crippen LogP) is 4.14. The Balaban J connectivity index is 1.75. The molecule has 3 aromatic rings. The number of carbonyl (C=O) groups excluding carboxylic acids is 1. The predicted molar refractivity (Wildman–Crippen MR) is 136 cm³/mol. The van der Waals surface area contributed by atoms with Gasteiger partial charge in [-0.15, -0.1) is 0 Å². The van der Waals surface area contributed by atoms with Crippen LogP contribution in [0.4, 0.5) is 5.69 Å². The number of sulfonamides is 1. The van der Waals surface area contributed by atoms with Crippen LogP contribution in [0.15, 0.2) is 70.0 Å². The molecule has 2 N–H and O–H groups in total. The number of amides is 1. The third-order valence-corrected chi connectivity index (χ3v) is 7.27. The second kappa shape index (κ2) is 11.3. The standard InChI is InChI=1S/C25H23BrN2O6S/c1-17-15-19(26)16-23(25(29)27-30)24(17)28(2)35(31,32)22-12-10-21(11-13-22)34-14-4-5-18-6-8-20(33-3)9-7-18/h6-13,15-16,30H,14H2,1-3H3,(H,27,29). The number of rotatable bonds is 7. The van der Waals surface area contributed by atoms with Crippen molar-refractivity contribution in [2.45, 2.75) is 11.8 Å². The Kier molecular flexibility index (Phi) is 8.40. The molecule has 1 amide bonds. The molecule has 0 aliphatic heterocycles. The summed E-state index contributed by atoms with van der Waals surface area (Å²) in [6.07, 6.45) is 0. The lowest BCUT2D eigenvalue weighted by atomic mass is 10.1. The zero-order chi connectivity index (χ0) is 25.6. The first kappa shape index (κ1) is 26.1. The summed E-state index contributed by atoms with van der Waals surface area (Å²) in [6, 6.07) is 16.3. The Morgan fingerprint density at radius 2 is 1.71 bits per heavy atom. The third kappa shape index (κ3) is 6.14. The van der Waals surface area contributed by atoms with Gasteiger partial charge < -0.3 is 9.47 Å². The maximum atomic E-state index is 13.3. The molecule has 0 aromatic heterocycles. The van der Waals surface area contributed by atoms with Crippen LogP contribution in [0.2, 0.25) is 0 Å². The van der Waals surface area contributed by atoms with E-state index >= 15 is 0 Å². The summed E-state index contributed by atoms with van der Waals surface area (Å²) < 4.78 is 38.8. The molecular weight excluding hydrogens is 536 g/mol. The number of hydroxylamine groups is 1. The van der Waals surface area contributed by atoms with E-state index in [0.717, 1.165) is 15.6 Å². The number of halogens is 1. The molecule has 0 spiro atoms. The lowest BCUT2D eigenvalue weighted by molar-refractivity contribution is 0.0707. The van der Waals surface area contributed by atoms with Crippen molar-refractivity contribution < 1.29 is 27.9 Å². The lowest BCUT2D eigenvalue weighted by Gasteiger charge is -2.24. The van der Waals surface area contributed by atoms with Crippen molar-refractivity contribution in [1.29, 1.82) is 0 Å². The van der Waals surface area contributed by atoms with E-state index in [0.29, 0.717) is 15.8 Å². The number of methoxy groups -OCH3 is 1. The number of hydrogen-bond acceptors (Lipinski definition) is 6. The number of carbonyl (C=O) groups is 1. The molecule has 0 fully saturated rings. The first-order chi connectivity index (χ1) is 16.7. The molecule has 3 aromatic carbocycles. The largest absolute Gasteiger partial charge is 0.497 e. The van der Waals surface area contributed by atoms with E-state index < -0.39 is 15.9 Å². The van der Waals surface area contributed by atoms with Gasteiger partial charge in [-0.25, -0.2) is 13.9 Å². The quantitative estimate of drug-likeness (QED) is 0.256. The molecule has 3 rings (SSSR count). The van der Waals surface area contributed by atoms with Crippen LogP contribution in [-0.4, -0.2) is 40.3 Å². The van der Waals surface area contributed by atoms with Gasteiger partial charge >= 0.3 is 0 Å². The summed E-state index contributed by atoms with van der Waals surface area (Å²) in [4.78, 5) is 12.2. The van der Waals surface area contributed by atoms with Gasteiger partial charge in [-0.3, -0.25) is 14.3 Å². The van der Waals surface area contributed by atoms with Crippen LogP contribution in [-0.2, 0) is 10.0 Å². The van der Waals surface area contributed by atoms with Crippen LogP contribution in [0.25, 0.3) is 0 Å². The smallest absolute Gasteiger partial charge is 0.276 e. The molecule has 182 valence electrons. The summed E-state index contributed by atoms with van der Waals surface area (Å²) in [5.41, 5.74) is 3.05. The van der Waals surface area contributed by atoms with E-state index in [4.69, 9.17) is 14.7 Å². The minimum Gasteiger partial charge on any atom is -0.497 e. The summed E-state index contributed by atoms with van der Waals surface area (Å²) in [6.45, 7) is 1.79. The van der Waals surface area contributed by atoms with Gasteiger partial charge in [0, 0.05) is 17.1 Å². The average Bonchev–Trinajstić information content (AvgIpc) is 2.86. The number of nitrogens with one attached hydrogen (secondary N) is 1. The molecule has 0 bridgehead atoms. The normalized spacial score (nSPS) is 10.7. The Morgan fingerprint density at radius 1 is 1.09 bits per heavy atom. The van der Waals surface area contributed by atoms with Crippen molar-refractivity contribution in [3.63, 3.8) is 0 Å². The van der Waals surface area contributed by atoms with Crippen LogP contribution < -0.4 is 19.3 Å². The number of benzene rings is 3. The first-order valence-electron chi connectivity index (χ1n) is 10.3. The average molecular weight is 559 g/mol. The van der Waals surface area contributed by atoms with E-state index in [1.165, 1.54) is 37.4 Å². The molecule has 35 heavy (non-hydrogen) atoms.